The second-order valence-electron chi connectivity index (χ2n) is 7.87. The number of ether oxygens (including phenoxy) is 1. The minimum Gasteiger partial charge on any atom is -0.452 e. The molecule has 178 valence electrons. The van der Waals surface area contributed by atoms with E-state index in [4.69, 9.17) is 27.9 Å². The predicted molar refractivity (Wildman–Crippen MR) is 128 cm³/mol. The third kappa shape index (κ3) is 8.22. The third-order valence-electron chi connectivity index (χ3n) is 4.80. The molecule has 0 fully saturated rings. The van der Waals surface area contributed by atoms with Gasteiger partial charge in [-0.3, -0.25) is 14.8 Å². The largest absolute Gasteiger partial charge is 0.452 e. The Bertz CT molecular complexity index is 1030. The smallest absolute Gasteiger partial charge is 0.331 e. The summed E-state index contributed by atoms with van der Waals surface area (Å²) in [6.45, 7) is 8.00. The number of nitrogens with zero attached hydrogens (tertiary/aromatic N) is 2. The molecule has 2 aromatic rings. The lowest BCUT2D eigenvalue weighted by Crippen LogP contribution is -2.41. The topological polar surface area (TPSA) is 102 Å². The third-order valence-corrected chi connectivity index (χ3v) is 5.51. The van der Waals surface area contributed by atoms with E-state index in [1.165, 1.54) is 6.08 Å². The number of rotatable bonds is 9. The molecule has 0 radical (unpaired) electrons. The lowest BCUT2D eigenvalue weighted by atomic mass is 10.1. The molecule has 0 aliphatic heterocycles. The molecule has 2 N–H and O–H groups in total. The number of aryl methyl sites for hydroxylation is 1. The molecular weight excluding hydrogens is 467 g/mol. The van der Waals surface area contributed by atoms with Crippen molar-refractivity contribution >= 4 is 47.2 Å². The first-order chi connectivity index (χ1) is 15.6. The van der Waals surface area contributed by atoms with E-state index in [0.29, 0.717) is 34.7 Å². The van der Waals surface area contributed by atoms with Gasteiger partial charge in [0.1, 0.15) is 0 Å². The van der Waals surface area contributed by atoms with Crippen molar-refractivity contribution in [3.63, 3.8) is 0 Å². The van der Waals surface area contributed by atoms with Gasteiger partial charge < -0.3 is 10.1 Å². The van der Waals surface area contributed by atoms with Crippen LogP contribution in [0.25, 0.3) is 6.08 Å². The fourth-order valence-corrected chi connectivity index (χ4v) is 3.47. The molecular formula is C23H28Cl2N4O4. The Kier molecular flexibility index (Phi) is 9.94. The molecule has 2 rings (SSSR count). The van der Waals surface area contributed by atoms with E-state index in [-0.39, 0.29) is 0 Å². The Morgan fingerprint density at radius 3 is 2.48 bits per heavy atom. The number of urea groups is 1. The number of carbonyl (C=O) groups excluding carboxylic acids is 3. The number of halogens is 2. The first-order valence-corrected chi connectivity index (χ1v) is 11.2. The van der Waals surface area contributed by atoms with E-state index in [1.54, 1.807) is 29.0 Å². The molecule has 10 heteroatoms. The Morgan fingerprint density at radius 2 is 1.85 bits per heavy atom. The van der Waals surface area contributed by atoms with Crippen LogP contribution in [0.3, 0.4) is 0 Å². The van der Waals surface area contributed by atoms with Crippen LogP contribution in [0.1, 0.15) is 42.8 Å². The van der Waals surface area contributed by atoms with E-state index in [2.05, 4.69) is 15.7 Å². The first kappa shape index (κ1) is 26.4. The molecule has 0 saturated carbocycles. The van der Waals surface area contributed by atoms with Crippen molar-refractivity contribution in [1.82, 2.24) is 20.4 Å². The van der Waals surface area contributed by atoms with Gasteiger partial charge in [-0.05, 0) is 44.4 Å². The molecule has 0 atom stereocenters. The molecule has 8 nitrogen and oxygen atoms in total. The summed E-state index contributed by atoms with van der Waals surface area (Å²) in [6.07, 6.45) is 3.57. The zero-order chi connectivity index (χ0) is 24.5. The molecule has 1 heterocycles. The number of hydrogen-bond acceptors (Lipinski definition) is 5. The molecule has 0 unspecified atom stereocenters. The van der Waals surface area contributed by atoms with Gasteiger partial charge in [-0.2, -0.15) is 5.10 Å². The molecule has 0 aliphatic rings. The number of esters is 1. The lowest BCUT2D eigenvalue weighted by molar-refractivity contribution is -0.143. The van der Waals surface area contributed by atoms with Gasteiger partial charge >= 0.3 is 12.0 Å². The van der Waals surface area contributed by atoms with E-state index in [0.717, 1.165) is 23.2 Å². The maximum atomic E-state index is 12.0. The van der Waals surface area contributed by atoms with Crippen molar-refractivity contribution < 1.29 is 19.1 Å². The highest BCUT2D eigenvalue weighted by Crippen LogP contribution is 2.26. The number of benzene rings is 1. The van der Waals surface area contributed by atoms with Crippen molar-refractivity contribution in [2.75, 3.05) is 13.2 Å². The number of nitrogens with one attached hydrogen (secondary N) is 2. The van der Waals surface area contributed by atoms with E-state index < -0.39 is 24.5 Å². The summed E-state index contributed by atoms with van der Waals surface area (Å²) >= 11 is 12.5. The minimum absolute atomic E-state index is 0.378. The van der Waals surface area contributed by atoms with E-state index >= 15 is 0 Å². The van der Waals surface area contributed by atoms with Crippen molar-refractivity contribution in [3.05, 3.63) is 56.8 Å². The van der Waals surface area contributed by atoms with Gasteiger partial charge in [-0.15, -0.1) is 0 Å². The number of amides is 3. The molecule has 0 bridgehead atoms. The van der Waals surface area contributed by atoms with Crippen LogP contribution in [-0.4, -0.2) is 40.8 Å². The van der Waals surface area contributed by atoms with Crippen LogP contribution in [0.5, 0.6) is 0 Å². The summed E-state index contributed by atoms with van der Waals surface area (Å²) in [5.41, 5.74) is 3.00. The lowest BCUT2D eigenvalue weighted by Gasteiger charge is -2.09. The van der Waals surface area contributed by atoms with Crippen LogP contribution >= 0.6 is 23.2 Å². The summed E-state index contributed by atoms with van der Waals surface area (Å²) in [6, 6.07) is 4.67. The van der Waals surface area contributed by atoms with Gasteiger partial charge in [-0.25, -0.2) is 9.59 Å². The predicted octanol–water partition coefficient (Wildman–Crippen LogP) is 4.28. The van der Waals surface area contributed by atoms with E-state index in [9.17, 15) is 14.4 Å². The van der Waals surface area contributed by atoms with Crippen LogP contribution in [0.2, 0.25) is 10.0 Å². The highest BCUT2D eigenvalue weighted by Gasteiger charge is 2.14. The number of hydrogen-bond donors (Lipinski definition) is 2. The highest BCUT2D eigenvalue weighted by molar-refractivity contribution is 6.35. The van der Waals surface area contributed by atoms with Crippen molar-refractivity contribution in [2.45, 2.75) is 40.7 Å². The summed E-state index contributed by atoms with van der Waals surface area (Å²) < 4.78 is 6.65. The Balaban J connectivity index is 1.91. The summed E-state index contributed by atoms with van der Waals surface area (Å²) in [7, 11) is 0. The monoisotopic (exact) mass is 494 g/mol. The molecule has 1 aromatic heterocycles. The minimum atomic E-state index is -0.717. The Morgan fingerprint density at radius 1 is 1.18 bits per heavy atom. The van der Waals surface area contributed by atoms with Crippen molar-refractivity contribution in [3.8, 4) is 0 Å². The average molecular weight is 495 g/mol. The van der Waals surface area contributed by atoms with Gasteiger partial charge in [0.15, 0.2) is 6.61 Å². The fraction of sp³-hybridized carbons (Fsp3) is 0.391. The fourth-order valence-electron chi connectivity index (χ4n) is 2.96. The number of carbonyl (C=O) groups is 3. The van der Waals surface area contributed by atoms with Gasteiger partial charge in [0.05, 0.1) is 12.2 Å². The average Bonchev–Trinajstić information content (AvgIpc) is 3.00. The molecule has 0 aliphatic carbocycles. The van der Waals surface area contributed by atoms with Gasteiger partial charge in [0, 0.05) is 39.5 Å². The SMILES string of the molecule is Cc1nn(Cc2c(Cl)cccc2Cl)c(C)c1C=CC(=O)OCC(=O)NC(=O)NCCC(C)C. The number of imide groups is 1. The van der Waals surface area contributed by atoms with Crippen molar-refractivity contribution in [1.29, 1.82) is 0 Å². The molecule has 33 heavy (non-hydrogen) atoms. The molecule has 0 saturated heterocycles. The summed E-state index contributed by atoms with van der Waals surface area (Å²) in [5, 5.41) is 10.3. The van der Waals surface area contributed by atoms with Gasteiger partial charge in [-0.1, -0.05) is 43.1 Å². The van der Waals surface area contributed by atoms with Gasteiger partial charge in [0.25, 0.3) is 5.91 Å². The maximum absolute atomic E-state index is 12.0. The second-order valence-corrected chi connectivity index (χ2v) is 8.68. The highest BCUT2D eigenvalue weighted by atomic mass is 35.5. The van der Waals surface area contributed by atoms with Crippen LogP contribution in [0, 0.1) is 19.8 Å². The van der Waals surface area contributed by atoms with Crippen LogP contribution in [0.15, 0.2) is 24.3 Å². The molecule has 3 amide bonds. The summed E-state index contributed by atoms with van der Waals surface area (Å²) in [5.74, 6) is -0.997. The van der Waals surface area contributed by atoms with Crippen molar-refractivity contribution in [2.24, 2.45) is 5.92 Å². The Labute approximate surface area is 203 Å². The van der Waals surface area contributed by atoms with E-state index in [1.807, 2.05) is 27.7 Å². The summed E-state index contributed by atoms with van der Waals surface area (Å²) in [4.78, 5) is 35.4. The van der Waals surface area contributed by atoms with Gasteiger partial charge in [0.2, 0.25) is 0 Å². The maximum Gasteiger partial charge on any atom is 0.331 e. The Hall–Kier alpha value is -2.84. The van der Waals surface area contributed by atoms with Crippen LogP contribution in [0.4, 0.5) is 4.79 Å². The normalized spacial score (nSPS) is 11.1. The molecule has 1 aromatic carbocycles. The zero-order valence-electron chi connectivity index (χ0n) is 19.1. The van der Waals surface area contributed by atoms with Crippen LogP contribution in [-0.2, 0) is 20.9 Å². The standard InChI is InChI=1S/C23H28Cl2N4O4/c1-14(2)10-11-26-23(32)27-21(30)13-33-22(31)9-8-17-15(3)28-29(16(17)4)12-18-19(24)6-5-7-20(18)25/h5-9,14H,10-13H2,1-4H3,(H2,26,27,30,32). The quantitative estimate of drug-likeness (QED) is 0.399. The number of aromatic nitrogens is 2. The zero-order valence-corrected chi connectivity index (χ0v) is 20.6. The first-order valence-electron chi connectivity index (χ1n) is 10.5. The molecule has 0 spiro atoms. The van der Waals surface area contributed by atoms with Crippen LogP contribution < -0.4 is 10.6 Å². The second kappa shape index (κ2) is 12.4.